The van der Waals surface area contributed by atoms with Gasteiger partial charge in [0.1, 0.15) is 0 Å². The van der Waals surface area contributed by atoms with E-state index in [0.717, 1.165) is 12.0 Å². The summed E-state index contributed by atoms with van der Waals surface area (Å²) < 4.78 is 0. The van der Waals surface area contributed by atoms with Crippen molar-refractivity contribution < 1.29 is 14.4 Å². The van der Waals surface area contributed by atoms with Gasteiger partial charge in [-0.3, -0.25) is 30.2 Å². The Morgan fingerprint density at radius 1 is 0.958 bits per heavy atom. The van der Waals surface area contributed by atoms with Crippen LogP contribution >= 0.6 is 0 Å². The van der Waals surface area contributed by atoms with Gasteiger partial charge in [0.05, 0.1) is 5.56 Å². The molecule has 6 heteroatoms. The molecule has 2 aromatic rings. The summed E-state index contributed by atoms with van der Waals surface area (Å²) >= 11 is 0. The minimum Gasteiger partial charge on any atom is -0.294 e. The Labute approximate surface area is 140 Å². The van der Waals surface area contributed by atoms with Crippen LogP contribution in [0.1, 0.15) is 46.0 Å². The van der Waals surface area contributed by atoms with Crippen molar-refractivity contribution in [1.82, 2.24) is 15.8 Å². The molecule has 1 aromatic heterocycles. The molecule has 0 atom stereocenters. The molecule has 0 bridgehead atoms. The van der Waals surface area contributed by atoms with E-state index in [1.807, 2.05) is 19.1 Å². The molecular formula is C18H19N3O3. The van der Waals surface area contributed by atoms with E-state index in [1.165, 1.54) is 6.20 Å². The second kappa shape index (κ2) is 8.57. The zero-order valence-corrected chi connectivity index (χ0v) is 13.4. The fraction of sp³-hybridized carbons (Fsp3) is 0.222. The maximum absolute atomic E-state index is 12.0. The van der Waals surface area contributed by atoms with Crippen molar-refractivity contribution in [3.8, 4) is 0 Å². The lowest BCUT2D eigenvalue weighted by molar-refractivity contribution is -0.121. The molecule has 0 saturated carbocycles. The molecule has 1 aromatic carbocycles. The number of rotatable bonds is 6. The number of pyridine rings is 1. The number of hydrazine groups is 1. The lowest BCUT2D eigenvalue weighted by atomic mass is 10.0. The maximum atomic E-state index is 12.0. The zero-order valence-electron chi connectivity index (χ0n) is 13.4. The van der Waals surface area contributed by atoms with Crippen LogP contribution in [0.2, 0.25) is 0 Å². The van der Waals surface area contributed by atoms with Crippen LogP contribution in [0.15, 0.2) is 48.8 Å². The van der Waals surface area contributed by atoms with Gasteiger partial charge in [-0.05, 0) is 24.1 Å². The van der Waals surface area contributed by atoms with Crippen molar-refractivity contribution in [3.05, 3.63) is 65.5 Å². The molecule has 2 amide bonds. The molecule has 0 unspecified atom stereocenters. The number of nitrogens with zero attached hydrogens (tertiary/aromatic N) is 1. The number of hydrogen-bond donors (Lipinski definition) is 2. The monoisotopic (exact) mass is 325 g/mol. The lowest BCUT2D eigenvalue weighted by Gasteiger charge is -2.07. The Bertz CT molecular complexity index is 712. The van der Waals surface area contributed by atoms with Gasteiger partial charge in [0.25, 0.3) is 5.91 Å². The number of amides is 2. The largest absolute Gasteiger partial charge is 0.294 e. The highest BCUT2D eigenvalue weighted by atomic mass is 16.2. The van der Waals surface area contributed by atoms with Gasteiger partial charge in [0.2, 0.25) is 5.91 Å². The molecule has 0 aliphatic heterocycles. The molecule has 0 saturated heterocycles. The number of carbonyl (C=O) groups is 3. The van der Waals surface area contributed by atoms with Crippen LogP contribution in [-0.2, 0) is 11.2 Å². The number of hydrogen-bond acceptors (Lipinski definition) is 4. The third-order valence-electron chi connectivity index (χ3n) is 3.50. The Balaban J connectivity index is 1.76. The van der Waals surface area contributed by atoms with Crippen LogP contribution in [0.25, 0.3) is 0 Å². The summed E-state index contributed by atoms with van der Waals surface area (Å²) in [5.74, 6) is -0.991. The van der Waals surface area contributed by atoms with Crippen molar-refractivity contribution in [3.63, 3.8) is 0 Å². The molecule has 0 spiro atoms. The van der Waals surface area contributed by atoms with Crippen LogP contribution in [0.4, 0.5) is 0 Å². The minimum absolute atomic E-state index is 0.00167. The van der Waals surface area contributed by atoms with E-state index in [4.69, 9.17) is 0 Å². The molecule has 6 nitrogen and oxygen atoms in total. The number of nitrogens with one attached hydrogen (secondary N) is 2. The van der Waals surface area contributed by atoms with Gasteiger partial charge in [-0.25, -0.2) is 0 Å². The lowest BCUT2D eigenvalue weighted by Crippen LogP contribution is -2.41. The van der Waals surface area contributed by atoms with Crippen molar-refractivity contribution in [1.29, 1.82) is 0 Å². The fourth-order valence-corrected chi connectivity index (χ4v) is 2.06. The van der Waals surface area contributed by atoms with E-state index in [2.05, 4.69) is 15.8 Å². The summed E-state index contributed by atoms with van der Waals surface area (Å²) in [5, 5.41) is 0. The first-order chi connectivity index (χ1) is 11.6. The molecule has 0 aliphatic rings. The summed E-state index contributed by atoms with van der Waals surface area (Å²) in [6.45, 7) is 2.04. The van der Waals surface area contributed by atoms with E-state index >= 15 is 0 Å². The first kappa shape index (κ1) is 17.3. The molecule has 0 fully saturated rings. The highest BCUT2D eigenvalue weighted by molar-refractivity contribution is 5.98. The first-order valence-corrected chi connectivity index (χ1v) is 7.71. The van der Waals surface area contributed by atoms with Gasteiger partial charge in [-0.2, -0.15) is 0 Å². The number of ketones is 1. The van der Waals surface area contributed by atoms with Gasteiger partial charge < -0.3 is 0 Å². The molecule has 1 heterocycles. The second-order valence-corrected chi connectivity index (χ2v) is 5.22. The molecule has 24 heavy (non-hydrogen) atoms. The maximum Gasteiger partial charge on any atom is 0.271 e. The highest BCUT2D eigenvalue weighted by Crippen LogP contribution is 2.08. The van der Waals surface area contributed by atoms with Crippen molar-refractivity contribution in [2.45, 2.75) is 26.2 Å². The Morgan fingerprint density at radius 2 is 1.71 bits per heavy atom. The van der Waals surface area contributed by atoms with E-state index in [1.54, 1.807) is 30.5 Å². The Kier molecular flexibility index (Phi) is 6.19. The average molecular weight is 325 g/mol. The number of carbonyl (C=O) groups excluding carboxylic acids is 3. The van der Waals surface area contributed by atoms with Crippen LogP contribution < -0.4 is 10.9 Å². The van der Waals surface area contributed by atoms with Gasteiger partial charge >= 0.3 is 0 Å². The smallest absolute Gasteiger partial charge is 0.271 e. The summed E-state index contributed by atoms with van der Waals surface area (Å²) in [5.41, 5.74) is 6.65. The number of benzene rings is 1. The van der Waals surface area contributed by atoms with Crippen molar-refractivity contribution >= 4 is 17.6 Å². The number of aryl methyl sites for hydroxylation is 1. The predicted octanol–water partition coefficient (Wildman–Crippen LogP) is 2.07. The average Bonchev–Trinajstić information content (AvgIpc) is 2.64. The zero-order chi connectivity index (χ0) is 17.4. The molecule has 124 valence electrons. The van der Waals surface area contributed by atoms with Crippen LogP contribution in [0.3, 0.4) is 0 Å². The number of aromatic nitrogens is 1. The highest BCUT2D eigenvalue weighted by Gasteiger charge is 2.11. The van der Waals surface area contributed by atoms with Gasteiger partial charge in [0.15, 0.2) is 5.78 Å². The van der Waals surface area contributed by atoms with Gasteiger partial charge in [0, 0.05) is 30.8 Å². The second-order valence-electron chi connectivity index (χ2n) is 5.22. The standard InChI is InChI=1S/C18H19N3O3/c1-2-13-5-7-14(8-6-13)16(22)9-10-17(23)20-21-18(24)15-4-3-11-19-12-15/h3-8,11-12H,2,9-10H2,1H3,(H,20,23)(H,21,24). The quantitative estimate of drug-likeness (QED) is 0.628. The summed E-state index contributed by atoms with van der Waals surface area (Å²) in [7, 11) is 0. The van der Waals surface area contributed by atoms with Gasteiger partial charge in [-0.1, -0.05) is 31.2 Å². The van der Waals surface area contributed by atoms with Gasteiger partial charge in [-0.15, -0.1) is 0 Å². The summed E-state index contributed by atoms with van der Waals surface area (Å²) in [6, 6.07) is 10.5. The molecule has 0 radical (unpaired) electrons. The van der Waals surface area contributed by atoms with E-state index in [9.17, 15) is 14.4 Å². The third-order valence-corrected chi connectivity index (χ3v) is 3.50. The van der Waals surface area contributed by atoms with E-state index in [-0.39, 0.29) is 18.6 Å². The molecule has 0 aliphatic carbocycles. The normalized spacial score (nSPS) is 10.0. The van der Waals surface area contributed by atoms with Crippen LogP contribution in [-0.4, -0.2) is 22.6 Å². The molecule has 2 rings (SSSR count). The molecular weight excluding hydrogens is 306 g/mol. The summed E-state index contributed by atoms with van der Waals surface area (Å²) in [6.07, 6.45) is 3.94. The minimum atomic E-state index is -0.460. The van der Waals surface area contributed by atoms with Crippen molar-refractivity contribution in [2.75, 3.05) is 0 Å². The predicted molar refractivity (Wildman–Crippen MR) is 89.2 cm³/mol. The SMILES string of the molecule is CCc1ccc(C(=O)CCC(=O)NNC(=O)c2cccnc2)cc1. The van der Waals surface area contributed by atoms with Crippen LogP contribution in [0.5, 0.6) is 0 Å². The Hall–Kier alpha value is -3.02. The number of Topliss-reactive ketones (excluding diaryl/α,β-unsaturated/α-hetero) is 1. The van der Waals surface area contributed by atoms with E-state index < -0.39 is 11.8 Å². The summed E-state index contributed by atoms with van der Waals surface area (Å²) in [4.78, 5) is 39.3. The van der Waals surface area contributed by atoms with Crippen molar-refractivity contribution in [2.24, 2.45) is 0 Å². The third kappa shape index (κ3) is 5.01. The van der Waals surface area contributed by atoms with E-state index in [0.29, 0.717) is 11.1 Å². The molecule has 2 N–H and O–H groups in total. The topological polar surface area (TPSA) is 88.2 Å². The Morgan fingerprint density at radius 3 is 2.33 bits per heavy atom. The van der Waals surface area contributed by atoms with Crippen LogP contribution in [0, 0.1) is 0 Å². The fourth-order valence-electron chi connectivity index (χ4n) is 2.06. The first-order valence-electron chi connectivity index (χ1n) is 7.71.